The Kier molecular flexibility index (Phi) is 4.04. The van der Waals surface area contributed by atoms with Gasteiger partial charge >= 0.3 is 0 Å². The minimum Gasteiger partial charge on any atom is -0.493 e. The Labute approximate surface area is 115 Å². The molecule has 0 amide bonds. The lowest BCUT2D eigenvalue weighted by atomic mass is 9.94. The summed E-state index contributed by atoms with van der Waals surface area (Å²) in [7, 11) is 2.05. The summed E-state index contributed by atoms with van der Waals surface area (Å²) in [6, 6.07) is 8.50. The van der Waals surface area contributed by atoms with Gasteiger partial charge in [-0.15, -0.1) is 0 Å². The third-order valence-corrected chi connectivity index (χ3v) is 4.48. The minimum atomic E-state index is 0.567. The number of nitrogens with zero attached hydrogens (tertiary/aromatic N) is 1. The summed E-state index contributed by atoms with van der Waals surface area (Å²) in [5.74, 6) is 2.53. The standard InChI is InChI=1S/C16H24N2O/c1-17-10-13-6-8-18(9-7-13)11-14-12-19-16-5-3-2-4-15(14)16/h2-5,13-14,17H,6-12H2,1H3. The molecule has 2 aliphatic heterocycles. The van der Waals surface area contributed by atoms with E-state index >= 15 is 0 Å². The Balaban J connectivity index is 1.54. The number of ether oxygens (including phenoxy) is 1. The Morgan fingerprint density at radius 3 is 2.84 bits per heavy atom. The maximum absolute atomic E-state index is 5.78. The van der Waals surface area contributed by atoms with Crippen molar-refractivity contribution < 1.29 is 4.74 Å². The highest BCUT2D eigenvalue weighted by atomic mass is 16.5. The SMILES string of the molecule is CNCC1CCN(CC2COc3ccccc32)CC1. The van der Waals surface area contributed by atoms with Crippen molar-refractivity contribution in [3.63, 3.8) is 0 Å². The lowest BCUT2D eigenvalue weighted by Gasteiger charge is -2.33. The van der Waals surface area contributed by atoms with Crippen molar-refractivity contribution >= 4 is 0 Å². The second-order valence-electron chi connectivity index (χ2n) is 5.85. The molecule has 0 aromatic heterocycles. The van der Waals surface area contributed by atoms with E-state index in [2.05, 4.69) is 41.5 Å². The Hall–Kier alpha value is -1.06. The molecule has 3 rings (SSSR count). The summed E-state index contributed by atoms with van der Waals surface area (Å²) in [6.07, 6.45) is 2.66. The van der Waals surface area contributed by atoms with E-state index < -0.39 is 0 Å². The largest absolute Gasteiger partial charge is 0.493 e. The fourth-order valence-electron chi connectivity index (χ4n) is 3.35. The molecule has 0 aliphatic carbocycles. The summed E-state index contributed by atoms with van der Waals surface area (Å²) < 4.78 is 5.78. The molecule has 1 aromatic rings. The molecule has 3 heteroatoms. The van der Waals surface area contributed by atoms with Crippen molar-refractivity contribution in [2.45, 2.75) is 18.8 Å². The maximum atomic E-state index is 5.78. The van der Waals surface area contributed by atoms with Gasteiger partial charge in [-0.1, -0.05) is 18.2 Å². The van der Waals surface area contributed by atoms with E-state index in [9.17, 15) is 0 Å². The first kappa shape index (κ1) is 12.9. The molecule has 19 heavy (non-hydrogen) atoms. The van der Waals surface area contributed by atoms with Crippen LogP contribution in [0.1, 0.15) is 24.3 Å². The molecule has 0 bridgehead atoms. The highest BCUT2D eigenvalue weighted by Crippen LogP contribution is 2.34. The summed E-state index contributed by atoms with van der Waals surface area (Å²) >= 11 is 0. The van der Waals surface area contributed by atoms with Crippen LogP contribution in [0, 0.1) is 5.92 Å². The van der Waals surface area contributed by atoms with Crippen LogP contribution < -0.4 is 10.1 Å². The fraction of sp³-hybridized carbons (Fsp3) is 0.625. The predicted molar refractivity (Wildman–Crippen MR) is 77.8 cm³/mol. The quantitative estimate of drug-likeness (QED) is 0.897. The first-order valence-electron chi connectivity index (χ1n) is 7.45. The topological polar surface area (TPSA) is 24.5 Å². The molecule has 1 atom stereocenters. The number of piperidine rings is 1. The smallest absolute Gasteiger partial charge is 0.122 e. The van der Waals surface area contributed by atoms with Gasteiger partial charge in [-0.2, -0.15) is 0 Å². The minimum absolute atomic E-state index is 0.567. The van der Waals surface area contributed by atoms with E-state index in [1.54, 1.807) is 0 Å². The highest BCUT2D eigenvalue weighted by Gasteiger charge is 2.27. The van der Waals surface area contributed by atoms with Gasteiger partial charge in [0.1, 0.15) is 5.75 Å². The third-order valence-electron chi connectivity index (χ3n) is 4.48. The summed E-state index contributed by atoms with van der Waals surface area (Å²) in [5, 5.41) is 3.30. The zero-order chi connectivity index (χ0) is 13.1. The van der Waals surface area contributed by atoms with Crippen molar-refractivity contribution in [3.05, 3.63) is 29.8 Å². The molecule has 3 nitrogen and oxygen atoms in total. The Morgan fingerprint density at radius 1 is 1.26 bits per heavy atom. The van der Waals surface area contributed by atoms with Gasteiger partial charge in [0.15, 0.2) is 0 Å². The lowest BCUT2D eigenvalue weighted by molar-refractivity contribution is 0.167. The summed E-state index contributed by atoms with van der Waals surface area (Å²) in [6.45, 7) is 5.66. The molecule has 1 fully saturated rings. The maximum Gasteiger partial charge on any atom is 0.122 e. The zero-order valence-corrected chi connectivity index (χ0v) is 11.8. The van der Waals surface area contributed by atoms with Crippen LogP contribution in [0.3, 0.4) is 0 Å². The van der Waals surface area contributed by atoms with Gasteiger partial charge in [-0.05, 0) is 51.5 Å². The monoisotopic (exact) mass is 260 g/mol. The third kappa shape index (κ3) is 2.93. The van der Waals surface area contributed by atoms with Crippen LogP contribution in [0.4, 0.5) is 0 Å². The Bertz CT molecular complexity index is 413. The van der Waals surface area contributed by atoms with E-state index in [1.165, 1.54) is 38.0 Å². The van der Waals surface area contributed by atoms with Gasteiger partial charge < -0.3 is 15.0 Å². The number of likely N-dealkylation sites (tertiary alicyclic amines) is 1. The summed E-state index contributed by atoms with van der Waals surface area (Å²) in [4.78, 5) is 2.61. The van der Waals surface area contributed by atoms with Crippen LogP contribution >= 0.6 is 0 Å². The van der Waals surface area contributed by atoms with Crippen molar-refractivity contribution in [1.82, 2.24) is 10.2 Å². The molecule has 2 aliphatic rings. The van der Waals surface area contributed by atoms with Gasteiger partial charge in [0.25, 0.3) is 0 Å². The van der Waals surface area contributed by atoms with E-state index in [4.69, 9.17) is 4.74 Å². The average molecular weight is 260 g/mol. The van der Waals surface area contributed by atoms with Crippen LogP contribution in [0.15, 0.2) is 24.3 Å². The molecular weight excluding hydrogens is 236 g/mol. The fourth-order valence-corrected chi connectivity index (χ4v) is 3.35. The van der Waals surface area contributed by atoms with Crippen molar-refractivity contribution in [2.75, 3.05) is 39.8 Å². The normalized spacial score (nSPS) is 24.2. The number of fused-ring (bicyclic) bond motifs is 1. The molecule has 104 valence electrons. The van der Waals surface area contributed by atoms with Gasteiger partial charge in [-0.25, -0.2) is 0 Å². The number of hydrogen-bond acceptors (Lipinski definition) is 3. The van der Waals surface area contributed by atoms with Crippen LogP contribution in [-0.4, -0.2) is 44.7 Å². The highest BCUT2D eigenvalue weighted by molar-refractivity contribution is 5.39. The molecular formula is C16H24N2O. The first-order chi connectivity index (χ1) is 9.36. The molecule has 0 radical (unpaired) electrons. The molecule has 0 spiro atoms. The van der Waals surface area contributed by atoms with Crippen molar-refractivity contribution in [3.8, 4) is 5.75 Å². The Morgan fingerprint density at radius 2 is 2.05 bits per heavy atom. The number of hydrogen-bond donors (Lipinski definition) is 1. The van der Waals surface area contributed by atoms with Crippen LogP contribution in [0.25, 0.3) is 0 Å². The average Bonchev–Trinajstić information content (AvgIpc) is 2.85. The van der Waals surface area contributed by atoms with E-state index in [0.717, 1.165) is 24.8 Å². The molecule has 0 saturated carbocycles. The van der Waals surface area contributed by atoms with Crippen molar-refractivity contribution in [1.29, 1.82) is 0 Å². The van der Waals surface area contributed by atoms with E-state index in [1.807, 2.05) is 0 Å². The van der Waals surface area contributed by atoms with Crippen LogP contribution in [0.5, 0.6) is 5.75 Å². The number of para-hydroxylation sites is 1. The first-order valence-corrected chi connectivity index (χ1v) is 7.45. The number of rotatable bonds is 4. The van der Waals surface area contributed by atoms with Gasteiger partial charge in [0.2, 0.25) is 0 Å². The number of benzene rings is 1. The van der Waals surface area contributed by atoms with Gasteiger partial charge in [0.05, 0.1) is 6.61 Å². The second kappa shape index (κ2) is 5.93. The van der Waals surface area contributed by atoms with Gasteiger partial charge in [-0.3, -0.25) is 0 Å². The van der Waals surface area contributed by atoms with Crippen LogP contribution in [0.2, 0.25) is 0 Å². The molecule has 1 aromatic carbocycles. The van der Waals surface area contributed by atoms with E-state index in [0.29, 0.717) is 5.92 Å². The van der Waals surface area contributed by atoms with Crippen molar-refractivity contribution in [2.24, 2.45) is 5.92 Å². The van der Waals surface area contributed by atoms with Gasteiger partial charge in [0, 0.05) is 18.0 Å². The second-order valence-corrected chi connectivity index (χ2v) is 5.85. The predicted octanol–water partition coefficient (Wildman–Crippen LogP) is 2.09. The molecule has 1 saturated heterocycles. The zero-order valence-electron chi connectivity index (χ0n) is 11.8. The molecule has 1 N–H and O–H groups in total. The molecule has 2 heterocycles. The number of nitrogens with one attached hydrogen (secondary N) is 1. The molecule has 1 unspecified atom stereocenters. The van der Waals surface area contributed by atoms with Crippen LogP contribution in [-0.2, 0) is 0 Å². The lowest BCUT2D eigenvalue weighted by Crippen LogP contribution is -2.39. The van der Waals surface area contributed by atoms with E-state index in [-0.39, 0.29) is 0 Å². The summed E-state index contributed by atoms with van der Waals surface area (Å²) in [5.41, 5.74) is 1.40.